The van der Waals surface area contributed by atoms with Crippen LogP contribution in [0.4, 0.5) is 0 Å². The average molecular weight is 345 g/mol. The molecule has 4 heteroatoms. The van der Waals surface area contributed by atoms with Gasteiger partial charge in [0.25, 0.3) is 0 Å². The quantitative estimate of drug-likeness (QED) is 0.902. The molecule has 2 N–H and O–H groups in total. The lowest BCUT2D eigenvalue weighted by atomic mass is 9.74. The molecule has 0 aromatic heterocycles. The summed E-state index contributed by atoms with van der Waals surface area (Å²) in [4.78, 5) is 0. The van der Waals surface area contributed by atoms with E-state index in [-0.39, 0.29) is 5.41 Å². The second-order valence-corrected chi connectivity index (χ2v) is 7.18. The second-order valence-electron chi connectivity index (χ2n) is 5.86. The highest BCUT2D eigenvalue weighted by Crippen LogP contribution is 2.49. The Morgan fingerprint density at radius 1 is 1.42 bits per heavy atom. The minimum absolute atomic E-state index is 0.0820. The molecule has 2 aliphatic rings. The fourth-order valence-corrected chi connectivity index (χ4v) is 4.01. The molecule has 3 rings (SSSR count). The molecule has 1 aliphatic carbocycles. The van der Waals surface area contributed by atoms with Crippen LogP contribution < -0.4 is 5.73 Å². The van der Waals surface area contributed by atoms with Crippen molar-refractivity contribution < 1.29 is 4.74 Å². The van der Waals surface area contributed by atoms with Crippen LogP contribution in [-0.4, -0.2) is 19.3 Å². The summed E-state index contributed by atoms with van der Waals surface area (Å²) in [5.74, 6) is 0.722. The van der Waals surface area contributed by atoms with Gasteiger partial charge >= 0.3 is 0 Å². The Labute approximate surface area is 127 Å². The predicted molar refractivity (Wildman–Crippen MR) is 81.4 cm³/mol. The van der Waals surface area contributed by atoms with Crippen LogP contribution in [0, 0.1) is 11.3 Å². The summed E-state index contributed by atoms with van der Waals surface area (Å²) >= 11 is 9.81. The molecule has 1 aliphatic heterocycles. The van der Waals surface area contributed by atoms with Gasteiger partial charge in [0.05, 0.1) is 6.10 Å². The first-order valence-corrected chi connectivity index (χ1v) is 8.07. The second kappa shape index (κ2) is 5.36. The molecule has 2 atom stereocenters. The molecule has 104 valence electrons. The molecule has 2 nitrogen and oxygen atoms in total. The van der Waals surface area contributed by atoms with E-state index in [1.807, 2.05) is 12.1 Å². The Morgan fingerprint density at radius 2 is 2.21 bits per heavy atom. The van der Waals surface area contributed by atoms with Crippen LogP contribution in [0.3, 0.4) is 0 Å². The Kier molecular flexibility index (Phi) is 3.91. The largest absolute Gasteiger partial charge is 0.377 e. The van der Waals surface area contributed by atoms with E-state index in [1.54, 1.807) is 0 Å². The minimum atomic E-state index is 0.0820. The number of halogens is 2. The van der Waals surface area contributed by atoms with Gasteiger partial charge in [0, 0.05) is 28.1 Å². The molecule has 19 heavy (non-hydrogen) atoms. The zero-order valence-corrected chi connectivity index (χ0v) is 13.2. The van der Waals surface area contributed by atoms with Crippen molar-refractivity contribution in [3.8, 4) is 0 Å². The van der Waals surface area contributed by atoms with Crippen LogP contribution in [0.5, 0.6) is 0 Å². The number of nitrogens with two attached hydrogens (primary N) is 1. The van der Waals surface area contributed by atoms with Crippen LogP contribution in [-0.2, 0) is 11.2 Å². The molecule has 0 spiro atoms. The zero-order valence-electron chi connectivity index (χ0n) is 10.9. The lowest BCUT2D eigenvalue weighted by molar-refractivity contribution is 0.0345. The molecule has 0 bridgehead atoms. The normalized spacial score (nSPS) is 30.8. The van der Waals surface area contributed by atoms with Gasteiger partial charge in [-0.1, -0.05) is 33.6 Å². The summed E-state index contributed by atoms with van der Waals surface area (Å²) in [6.07, 6.45) is 4.90. The molecule has 1 saturated carbocycles. The standard InChI is InChI=1S/C15H19BrClNO/c16-12-4-3-11(13(17)7-12)8-15(9-18)5-6-19-14(15)10-1-2-10/h3-4,7,10,14H,1-2,5-6,8-9,18H2. The van der Waals surface area contributed by atoms with E-state index < -0.39 is 0 Å². The highest BCUT2D eigenvalue weighted by atomic mass is 79.9. The van der Waals surface area contributed by atoms with Gasteiger partial charge < -0.3 is 10.5 Å². The molecule has 2 unspecified atom stereocenters. The molecule has 1 aromatic carbocycles. The van der Waals surface area contributed by atoms with E-state index in [2.05, 4.69) is 22.0 Å². The number of ether oxygens (including phenoxy) is 1. The number of benzene rings is 1. The van der Waals surface area contributed by atoms with Crippen molar-refractivity contribution in [1.82, 2.24) is 0 Å². The third kappa shape index (κ3) is 2.71. The molecule has 2 fully saturated rings. The third-order valence-electron chi connectivity index (χ3n) is 4.52. The molecule has 0 radical (unpaired) electrons. The van der Waals surface area contributed by atoms with E-state index in [9.17, 15) is 0 Å². The van der Waals surface area contributed by atoms with Gasteiger partial charge in [0.2, 0.25) is 0 Å². The van der Waals surface area contributed by atoms with Gasteiger partial charge in [-0.05, 0) is 49.3 Å². The smallest absolute Gasteiger partial charge is 0.0675 e. The first-order valence-electron chi connectivity index (χ1n) is 6.90. The summed E-state index contributed by atoms with van der Waals surface area (Å²) in [7, 11) is 0. The maximum atomic E-state index is 6.36. The van der Waals surface area contributed by atoms with Crippen LogP contribution >= 0.6 is 27.5 Å². The number of rotatable bonds is 4. The lowest BCUT2D eigenvalue weighted by Crippen LogP contribution is -2.41. The summed E-state index contributed by atoms with van der Waals surface area (Å²) in [5, 5.41) is 0.823. The minimum Gasteiger partial charge on any atom is -0.377 e. The maximum Gasteiger partial charge on any atom is 0.0675 e. The van der Waals surface area contributed by atoms with Crippen LogP contribution in [0.2, 0.25) is 5.02 Å². The van der Waals surface area contributed by atoms with Crippen LogP contribution in [0.1, 0.15) is 24.8 Å². The van der Waals surface area contributed by atoms with Crippen molar-refractivity contribution in [3.05, 3.63) is 33.3 Å². The highest BCUT2D eigenvalue weighted by molar-refractivity contribution is 9.10. The SMILES string of the molecule is NCC1(Cc2ccc(Br)cc2Cl)CCOC1C1CC1. The van der Waals surface area contributed by atoms with Crippen molar-refractivity contribution in [2.24, 2.45) is 17.1 Å². The fraction of sp³-hybridized carbons (Fsp3) is 0.600. The van der Waals surface area contributed by atoms with E-state index in [0.717, 1.165) is 34.9 Å². The molecule has 1 heterocycles. The summed E-state index contributed by atoms with van der Waals surface area (Å²) in [6, 6.07) is 6.11. The van der Waals surface area contributed by atoms with Gasteiger partial charge in [-0.25, -0.2) is 0 Å². The molecule has 1 aromatic rings. The third-order valence-corrected chi connectivity index (χ3v) is 5.36. The fourth-order valence-electron chi connectivity index (χ4n) is 3.27. The Hall–Kier alpha value is -0.0900. The lowest BCUT2D eigenvalue weighted by Gasteiger charge is -2.33. The first kappa shape index (κ1) is 13.9. The van der Waals surface area contributed by atoms with Crippen molar-refractivity contribution in [3.63, 3.8) is 0 Å². The van der Waals surface area contributed by atoms with E-state index in [1.165, 1.54) is 18.4 Å². The number of hydrogen-bond acceptors (Lipinski definition) is 2. The molecule has 1 saturated heterocycles. The maximum absolute atomic E-state index is 6.36. The Balaban J connectivity index is 1.85. The van der Waals surface area contributed by atoms with Gasteiger partial charge in [0.15, 0.2) is 0 Å². The van der Waals surface area contributed by atoms with E-state index in [4.69, 9.17) is 22.1 Å². The van der Waals surface area contributed by atoms with Gasteiger partial charge in [-0.3, -0.25) is 0 Å². The zero-order chi connectivity index (χ0) is 13.5. The summed E-state index contributed by atoms with van der Waals surface area (Å²) < 4.78 is 7.01. The van der Waals surface area contributed by atoms with E-state index >= 15 is 0 Å². The van der Waals surface area contributed by atoms with Crippen LogP contribution in [0.25, 0.3) is 0 Å². The average Bonchev–Trinajstić information content (AvgIpc) is 3.15. The van der Waals surface area contributed by atoms with Crippen molar-refractivity contribution in [1.29, 1.82) is 0 Å². The number of hydrogen-bond donors (Lipinski definition) is 1. The van der Waals surface area contributed by atoms with Crippen molar-refractivity contribution in [2.45, 2.75) is 31.8 Å². The van der Waals surface area contributed by atoms with Gasteiger partial charge in [-0.15, -0.1) is 0 Å². The van der Waals surface area contributed by atoms with Crippen molar-refractivity contribution in [2.75, 3.05) is 13.2 Å². The molecular weight excluding hydrogens is 326 g/mol. The van der Waals surface area contributed by atoms with Gasteiger partial charge in [0.1, 0.15) is 0 Å². The van der Waals surface area contributed by atoms with Gasteiger partial charge in [-0.2, -0.15) is 0 Å². The molecule has 0 amide bonds. The van der Waals surface area contributed by atoms with E-state index in [0.29, 0.717) is 12.6 Å². The monoisotopic (exact) mass is 343 g/mol. The first-order chi connectivity index (χ1) is 9.14. The topological polar surface area (TPSA) is 35.2 Å². The summed E-state index contributed by atoms with van der Waals surface area (Å²) in [5.41, 5.74) is 7.39. The Bertz CT molecular complexity index is 477. The molecular formula is C15H19BrClNO. The van der Waals surface area contributed by atoms with Crippen LogP contribution in [0.15, 0.2) is 22.7 Å². The summed E-state index contributed by atoms with van der Waals surface area (Å²) in [6.45, 7) is 1.52. The highest BCUT2D eigenvalue weighted by Gasteiger charge is 2.50. The Morgan fingerprint density at radius 3 is 2.84 bits per heavy atom. The van der Waals surface area contributed by atoms with Crippen molar-refractivity contribution >= 4 is 27.5 Å². The predicted octanol–water partition coefficient (Wildman–Crippen LogP) is 3.79.